The smallest absolute Gasteiger partial charge is 0.405 e. The fraction of sp³-hybridized carbons (Fsp3) is 0.417. The number of hydrogen-bond acceptors (Lipinski definition) is 4. The van der Waals surface area contributed by atoms with Crippen LogP contribution in [0.5, 0.6) is 5.75 Å². The largest absolute Gasteiger partial charge is 0.486 e. The highest BCUT2D eigenvalue weighted by molar-refractivity contribution is 5.83. The third kappa shape index (κ3) is 1.81. The number of ether oxygens (including phenoxy) is 1. The maximum Gasteiger partial charge on any atom is 0.405 e. The molecule has 0 radical (unpaired) electrons. The zero-order valence-corrected chi connectivity index (χ0v) is 10.3. The topological polar surface area (TPSA) is 73.8 Å². The summed E-state index contributed by atoms with van der Waals surface area (Å²) in [6, 6.07) is 2.66. The predicted molar refractivity (Wildman–Crippen MR) is 67.3 cm³/mol. The van der Waals surface area contributed by atoms with Gasteiger partial charge in [-0.1, -0.05) is 0 Å². The molecule has 0 bridgehead atoms. The molecule has 0 saturated heterocycles. The van der Waals surface area contributed by atoms with Gasteiger partial charge in [0.05, 0.1) is 18.3 Å². The van der Waals surface area contributed by atoms with E-state index in [1.54, 1.807) is 13.0 Å². The average Bonchev–Trinajstić information content (AvgIpc) is 2.74. The van der Waals surface area contributed by atoms with E-state index in [1.165, 1.54) is 6.07 Å². The van der Waals surface area contributed by atoms with Crippen molar-refractivity contribution >= 4 is 17.5 Å². The van der Waals surface area contributed by atoms with Crippen LogP contribution in [-0.2, 0) is 0 Å². The molecule has 3 N–H and O–H groups in total. The number of rotatable bonds is 2. The van der Waals surface area contributed by atoms with Crippen LogP contribution in [0.25, 0.3) is 0 Å². The number of nitrogens with one attached hydrogen (secondary N) is 2. The zero-order chi connectivity index (χ0) is 13.6. The Balaban J connectivity index is 1.94. The Kier molecular flexibility index (Phi) is 2.62. The first-order valence-corrected chi connectivity index (χ1v) is 6.06. The third-order valence-corrected chi connectivity index (χ3v) is 3.41. The van der Waals surface area contributed by atoms with Crippen LogP contribution in [0.4, 0.5) is 20.6 Å². The van der Waals surface area contributed by atoms with Gasteiger partial charge in [-0.25, -0.2) is 9.18 Å². The Morgan fingerprint density at radius 2 is 2.47 bits per heavy atom. The Bertz CT molecular complexity index is 537. The number of carboxylic acid groups (broad SMARTS) is 1. The molecule has 1 aromatic rings. The first-order chi connectivity index (χ1) is 9.08. The Morgan fingerprint density at radius 1 is 1.68 bits per heavy atom. The van der Waals surface area contributed by atoms with E-state index < -0.39 is 11.9 Å². The van der Waals surface area contributed by atoms with E-state index in [2.05, 4.69) is 10.6 Å². The van der Waals surface area contributed by atoms with Crippen LogP contribution in [0.2, 0.25) is 0 Å². The summed E-state index contributed by atoms with van der Waals surface area (Å²) >= 11 is 0. The van der Waals surface area contributed by atoms with Crippen molar-refractivity contribution < 1.29 is 19.0 Å². The molecule has 2 aliphatic heterocycles. The normalized spacial score (nSPS) is 21.2. The fourth-order valence-corrected chi connectivity index (χ4v) is 2.63. The molecule has 0 fully saturated rings. The zero-order valence-electron chi connectivity index (χ0n) is 10.3. The van der Waals surface area contributed by atoms with Gasteiger partial charge in [-0.3, -0.25) is 0 Å². The van der Waals surface area contributed by atoms with E-state index in [9.17, 15) is 9.18 Å². The molecule has 102 valence electrons. The van der Waals surface area contributed by atoms with Gasteiger partial charge in [0.15, 0.2) is 11.6 Å². The van der Waals surface area contributed by atoms with Crippen LogP contribution in [-0.4, -0.2) is 36.6 Å². The first-order valence-electron chi connectivity index (χ1n) is 6.06. The molecule has 2 aliphatic rings. The molecule has 2 unspecified atom stereocenters. The molecular formula is C12H14FN3O3. The van der Waals surface area contributed by atoms with Gasteiger partial charge in [-0.15, -0.1) is 0 Å². The van der Waals surface area contributed by atoms with Crippen LogP contribution in [0.15, 0.2) is 12.1 Å². The van der Waals surface area contributed by atoms with E-state index in [0.717, 1.165) is 5.69 Å². The molecule has 0 saturated carbocycles. The molecule has 2 atom stereocenters. The summed E-state index contributed by atoms with van der Waals surface area (Å²) < 4.78 is 19.1. The van der Waals surface area contributed by atoms with Gasteiger partial charge in [0.1, 0.15) is 18.5 Å². The summed E-state index contributed by atoms with van der Waals surface area (Å²) in [6.45, 7) is 2.74. The van der Waals surface area contributed by atoms with Crippen molar-refractivity contribution in [1.82, 2.24) is 5.32 Å². The lowest BCUT2D eigenvalue weighted by Gasteiger charge is -2.34. The van der Waals surface area contributed by atoms with Gasteiger partial charge in [-0.2, -0.15) is 0 Å². The molecular weight excluding hydrogens is 253 g/mol. The van der Waals surface area contributed by atoms with E-state index in [0.29, 0.717) is 18.8 Å². The van der Waals surface area contributed by atoms with Crippen LogP contribution in [0.3, 0.4) is 0 Å². The minimum absolute atomic E-state index is 0.237. The predicted octanol–water partition coefficient (Wildman–Crippen LogP) is 1.43. The minimum Gasteiger partial charge on any atom is -0.486 e. The SMILES string of the molecule is CC(NC(=O)O)C1Nc2ccc(F)c3c2N1CCO3. The lowest BCUT2D eigenvalue weighted by Crippen LogP contribution is -2.53. The minimum atomic E-state index is -1.08. The van der Waals surface area contributed by atoms with Crippen LogP contribution in [0.1, 0.15) is 6.92 Å². The molecule has 1 aromatic carbocycles. The molecule has 19 heavy (non-hydrogen) atoms. The van der Waals surface area contributed by atoms with Gasteiger partial charge >= 0.3 is 6.09 Å². The highest BCUT2D eigenvalue weighted by atomic mass is 19.1. The first kappa shape index (κ1) is 11.9. The van der Waals surface area contributed by atoms with Gasteiger partial charge in [0.25, 0.3) is 0 Å². The molecule has 0 spiro atoms. The van der Waals surface area contributed by atoms with E-state index in [1.807, 2.05) is 4.90 Å². The number of nitrogens with zero attached hydrogens (tertiary/aromatic N) is 1. The summed E-state index contributed by atoms with van der Waals surface area (Å²) in [5.41, 5.74) is 1.44. The summed E-state index contributed by atoms with van der Waals surface area (Å²) in [4.78, 5) is 12.7. The van der Waals surface area contributed by atoms with Crippen molar-refractivity contribution in [2.24, 2.45) is 0 Å². The van der Waals surface area contributed by atoms with Crippen molar-refractivity contribution in [3.05, 3.63) is 17.9 Å². The molecule has 3 rings (SSSR count). The molecule has 1 amide bonds. The second kappa shape index (κ2) is 4.18. The summed E-state index contributed by atoms with van der Waals surface area (Å²) in [5.74, 6) is -0.161. The number of benzene rings is 1. The monoisotopic (exact) mass is 267 g/mol. The second-order valence-electron chi connectivity index (χ2n) is 4.64. The van der Waals surface area contributed by atoms with Crippen molar-refractivity contribution in [3.8, 4) is 5.75 Å². The molecule has 7 heteroatoms. The summed E-state index contributed by atoms with van der Waals surface area (Å²) in [6.07, 6.45) is -1.32. The molecule has 2 heterocycles. The molecule has 0 aromatic heterocycles. The second-order valence-corrected chi connectivity index (χ2v) is 4.64. The quantitative estimate of drug-likeness (QED) is 0.756. The van der Waals surface area contributed by atoms with Gasteiger partial charge < -0.3 is 25.4 Å². The van der Waals surface area contributed by atoms with Crippen molar-refractivity contribution in [1.29, 1.82) is 0 Å². The Morgan fingerprint density at radius 3 is 3.21 bits per heavy atom. The number of hydrogen-bond donors (Lipinski definition) is 3. The summed E-state index contributed by atoms with van der Waals surface area (Å²) in [5, 5.41) is 14.4. The number of carbonyl (C=O) groups is 1. The van der Waals surface area contributed by atoms with Crippen molar-refractivity contribution in [2.45, 2.75) is 19.1 Å². The number of halogens is 1. The number of amides is 1. The van der Waals surface area contributed by atoms with Crippen LogP contribution < -0.4 is 20.3 Å². The van der Waals surface area contributed by atoms with Gasteiger partial charge in [-0.05, 0) is 19.1 Å². The van der Waals surface area contributed by atoms with Crippen molar-refractivity contribution in [3.63, 3.8) is 0 Å². The van der Waals surface area contributed by atoms with Gasteiger partial charge in [0.2, 0.25) is 0 Å². The lowest BCUT2D eigenvalue weighted by molar-refractivity contribution is 0.189. The third-order valence-electron chi connectivity index (χ3n) is 3.41. The molecule has 6 nitrogen and oxygen atoms in total. The maximum atomic E-state index is 13.7. The number of anilines is 2. The Labute approximate surface area is 109 Å². The summed E-state index contributed by atoms with van der Waals surface area (Å²) in [7, 11) is 0. The van der Waals surface area contributed by atoms with E-state index >= 15 is 0 Å². The van der Waals surface area contributed by atoms with Gasteiger partial charge in [0, 0.05) is 0 Å². The Hall–Kier alpha value is -2.18. The fourth-order valence-electron chi connectivity index (χ4n) is 2.63. The lowest BCUT2D eigenvalue weighted by atomic mass is 10.2. The molecule has 0 aliphatic carbocycles. The highest BCUT2D eigenvalue weighted by Gasteiger charge is 2.38. The van der Waals surface area contributed by atoms with Crippen molar-refractivity contribution in [2.75, 3.05) is 23.4 Å². The van der Waals surface area contributed by atoms with Crippen LogP contribution >= 0.6 is 0 Å². The standard InChI is InChI=1S/C12H14FN3O3/c1-6(14-12(17)18)11-15-8-3-2-7(13)10-9(8)16(11)4-5-19-10/h2-3,6,11,14-15H,4-5H2,1H3,(H,17,18). The highest BCUT2D eigenvalue weighted by Crippen LogP contribution is 2.46. The van der Waals surface area contributed by atoms with E-state index in [-0.39, 0.29) is 18.0 Å². The van der Waals surface area contributed by atoms with E-state index in [4.69, 9.17) is 9.84 Å². The maximum absolute atomic E-state index is 13.7. The average molecular weight is 267 g/mol. The van der Waals surface area contributed by atoms with Crippen LogP contribution in [0, 0.1) is 5.82 Å².